The van der Waals surface area contributed by atoms with Gasteiger partial charge in [0.15, 0.2) is 5.69 Å². The minimum atomic E-state index is -4.53. The Hall–Kier alpha value is -1.61. The number of alkyl halides is 3. The average molecular weight is 304 g/mol. The Bertz CT molecular complexity index is 492. The van der Waals surface area contributed by atoms with Crippen LogP contribution in [0.4, 0.5) is 24.9 Å². The van der Waals surface area contributed by atoms with Crippen molar-refractivity contribution in [2.45, 2.75) is 25.6 Å². The van der Waals surface area contributed by atoms with Crippen molar-refractivity contribution >= 4 is 11.8 Å². The van der Waals surface area contributed by atoms with Crippen LogP contribution in [-0.2, 0) is 6.18 Å². The molecular weight excluding hydrogens is 285 g/mol. The van der Waals surface area contributed by atoms with E-state index in [2.05, 4.69) is 20.3 Å². The number of nitrogens with one attached hydrogen (secondary N) is 1. The molecule has 0 spiro atoms. The molecule has 1 unspecified atom stereocenters. The van der Waals surface area contributed by atoms with Crippen molar-refractivity contribution in [2.75, 3.05) is 37.0 Å². The van der Waals surface area contributed by atoms with E-state index in [-0.39, 0.29) is 17.8 Å². The second-order valence-corrected chi connectivity index (χ2v) is 5.24. The molecule has 1 aromatic rings. The first-order valence-corrected chi connectivity index (χ1v) is 6.69. The molecule has 1 fully saturated rings. The largest absolute Gasteiger partial charge is 0.433 e. The number of hydrogen-bond donors (Lipinski definition) is 2. The predicted octanol–water partition coefficient (Wildman–Crippen LogP) is 1.31. The number of nitrogen functional groups attached to an aromatic ring is 1. The molecule has 0 aromatic carbocycles. The van der Waals surface area contributed by atoms with Crippen LogP contribution in [0.5, 0.6) is 0 Å². The number of likely N-dealkylation sites (N-methyl/N-ethyl adjacent to an activating group) is 1. The number of anilines is 2. The van der Waals surface area contributed by atoms with E-state index in [0.29, 0.717) is 6.54 Å². The van der Waals surface area contributed by atoms with Crippen molar-refractivity contribution < 1.29 is 13.2 Å². The van der Waals surface area contributed by atoms with Crippen molar-refractivity contribution in [1.82, 2.24) is 14.9 Å². The van der Waals surface area contributed by atoms with Crippen LogP contribution in [0.25, 0.3) is 0 Å². The quantitative estimate of drug-likeness (QED) is 0.634. The zero-order valence-electron chi connectivity index (χ0n) is 12.0. The summed E-state index contributed by atoms with van der Waals surface area (Å²) in [5.74, 6) is 5.19. The van der Waals surface area contributed by atoms with Crippen LogP contribution in [-0.4, -0.2) is 47.6 Å². The Labute approximate surface area is 121 Å². The fourth-order valence-electron chi connectivity index (χ4n) is 2.50. The lowest BCUT2D eigenvalue weighted by Crippen LogP contribution is -2.38. The SMILES string of the molecule is CC1CN(C)CCCN1c1cc(C(F)(F)F)nc(NN)n1. The molecule has 1 aliphatic heterocycles. The van der Waals surface area contributed by atoms with Gasteiger partial charge < -0.3 is 9.80 Å². The van der Waals surface area contributed by atoms with Crippen molar-refractivity contribution in [3.05, 3.63) is 11.8 Å². The molecule has 2 heterocycles. The van der Waals surface area contributed by atoms with Gasteiger partial charge in [-0.1, -0.05) is 0 Å². The molecule has 0 aliphatic carbocycles. The van der Waals surface area contributed by atoms with Gasteiger partial charge in [-0.05, 0) is 26.9 Å². The van der Waals surface area contributed by atoms with Gasteiger partial charge in [-0.2, -0.15) is 18.2 Å². The van der Waals surface area contributed by atoms with E-state index in [1.807, 2.05) is 18.9 Å². The maximum Gasteiger partial charge on any atom is 0.433 e. The predicted molar refractivity (Wildman–Crippen MR) is 73.8 cm³/mol. The maximum atomic E-state index is 12.9. The van der Waals surface area contributed by atoms with Crippen molar-refractivity contribution in [1.29, 1.82) is 0 Å². The highest BCUT2D eigenvalue weighted by atomic mass is 19.4. The van der Waals surface area contributed by atoms with E-state index < -0.39 is 11.9 Å². The molecule has 3 N–H and O–H groups in total. The number of rotatable bonds is 2. The fourth-order valence-corrected chi connectivity index (χ4v) is 2.50. The summed E-state index contributed by atoms with van der Waals surface area (Å²) in [6.45, 7) is 4.27. The molecule has 1 saturated heterocycles. The zero-order valence-corrected chi connectivity index (χ0v) is 12.0. The Morgan fingerprint density at radius 1 is 1.33 bits per heavy atom. The molecule has 1 aromatic heterocycles. The van der Waals surface area contributed by atoms with Gasteiger partial charge in [0.05, 0.1) is 0 Å². The van der Waals surface area contributed by atoms with Crippen molar-refractivity contribution in [2.24, 2.45) is 5.84 Å². The van der Waals surface area contributed by atoms with E-state index in [0.717, 1.165) is 25.6 Å². The molecule has 0 saturated carbocycles. The summed E-state index contributed by atoms with van der Waals surface area (Å²) in [5, 5.41) is 0. The van der Waals surface area contributed by atoms with Gasteiger partial charge in [0.1, 0.15) is 5.82 Å². The number of nitrogens with two attached hydrogens (primary N) is 1. The second-order valence-electron chi connectivity index (χ2n) is 5.24. The van der Waals surface area contributed by atoms with Gasteiger partial charge in [0.25, 0.3) is 0 Å². The number of halogens is 3. The first-order chi connectivity index (χ1) is 9.81. The smallest absolute Gasteiger partial charge is 0.352 e. The first kappa shape index (κ1) is 15.8. The topological polar surface area (TPSA) is 70.3 Å². The molecule has 0 bridgehead atoms. The van der Waals surface area contributed by atoms with Crippen LogP contribution in [0.1, 0.15) is 19.0 Å². The molecule has 21 heavy (non-hydrogen) atoms. The molecule has 1 aliphatic rings. The lowest BCUT2D eigenvalue weighted by Gasteiger charge is -2.29. The third-order valence-corrected chi connectivity index (χ3v) is 3.47. The minimum Gasteiger partial charge on any atom is -0.352 e. The molecule has 2 rings (SSSR count). The minimum absolute atomic E-state index is 0.0547. The van der Waals surface area contributed by atoms with E-state index in [1.54, 1.807) is 0 Å². The molecule has 0 radical (unpaired) electrons. The van der Waals surface area contributed by atoms with Gasteiger partial charge in [0, 0.05) is 25.2 Å². The van der Waals surface area contributed by atoms with E-state index >= 15 is 0 Å². The second kappa shape index (κ2) is 6.02. The first-order valence-electron chi connectivity index (χ1n) is 6.69. The number of hydrogen-bond acceptors (Lipinski definition) is 6. The van der Waals surface area contributed by atoms with Crippen molar-refractivity contribution in [3.63, 3.8) is 0 Å². The lowest BCUT2D eigenvalue weighted by molar-refractivity contribution is -0.141. The third-order valence-electron chi connectivity index (χ3n) is 3.47. The van der Waals surface area contributed by atoms with Crippen LogP contribution < -0.4 is 16.2 Å². The van der Waals surface area contributed by atoms with Crippen LogP contribution in [0.15, 0.2) is 6.07 Å². The maximum absolute atomic E-state index is 12.9. The normalized spacial score (nSPS) is 21.2. The summed E-state index contributed by atoms with van der Waals surface area (Å²) in [5.41, 5.74) is 1.10. The summed E-state index contributed by atoms with van der Waals surface area (Å²) in [6, 6.07) is 1.03. The van der Waals surface area contributed by atoms with Gasteiger partial charge in [-0.15, -0.1) is 0 Å². The highest BCUT2D eigenvalue weighted by molar-refractivity contribution is 5.46. The van der Waals surface area contributed by atoms with Crippen LogP contribution in [0, 0.1) is 0 Å². The molecule has 9 heteroatoms. The highest BCUT2D eigenvalue weighted by Crippen LogP contribution is 2.31. The fraction of sp³-hybridized carbons (Fsp3) is 0.667. The van der Waals surface area contributed by atoms with Gasteiger partial charge in [-0.3, -0.25) is 5.43 Å². The third kappa shape index (κ3) is 3.73. The monoisotopic (exact) mass is 304 g/mol. The van der Waals surface area contributed by atoms with E-state index in [1.165, 1.54) is 0 Å². The summed E-state index contributed by atoms with van der Waals surface area (Å²) in [7, 11) is 1.99. The molecular formula is C12H19F3N6. The van der Waals surface area contributed by atoms with Gasteiger partial charge in [0.2, 0.25) is 5.95 Å². The Morgan fingerprint density at radius 2 is 2.05 bits per heavy atom. The summed E-state index contributed by atoms with van der Waals surface area (Å²) >= 11 is 0. The Morgan fingerprint density at radius 3 is 2.67 bits per heavy atom. The van der Waals surface area contributed by atoms with Gasteiger partial charge >= 0.3 is 6.18 Å². The summed E-state index contributed by atoms with van der Waals surface area (Å²) < 4.78 is 38.7. The lowest BCUT2D eigenvalue weighted by atomic mass is 10.2. The number of aromatic nitrogens is 2. The van der Waals surface area contributed by atoms with Crippen LogP contribution in [0.2, 0.25) is 0 Å². The van der Waals surface area contributed by atoms with E-state index in [9.17, 15) is 13.2 Å². The van der Waals surface area contributed by atoms with Crippen LogP contribution in [0.3, 0.4) is 0 Å². The standard InChI is InChI=1S/C12H19F3N6/c1-8-7-20(2)4-3-5-21(8)10-6-9(12(13,14)15)17-11(18-10)19-16/h6,8H,3-5,7,16H2,1-2H3,(H,17,18,19). The van der Waals surface area contributed by atoms with E-state index in [4.69, 9.17) is 5.84 Å². The Kier molecular flexibility index (Phi) is 4.52. The Balaban J connectivity index is 2.37. The van der Waals surface area contributed by atoms with Gasteiger partial charge in [-0.25, -0.2) is 10.8 Å². The summed E-state index contributed by atoms with van der Waals surface area (Å²) in [6.07, 6.45) is -3.67. The zero-order chi connectivity index (χ0) is 15.6. The average Bonchev–Trinajstić information content (AvgIpc) is 2.57. The molecule has 118 valence electrons. The molecule has 1 atom stereocenters. The molecule has 6 nitrogen and oxygen atoms in total. The number of hydrazine groups is 1. The highest BCUT2D eigenvalue weighted by Gasteiger charge is 2.34. The molecule has 0 amide bonds. The number of nitrogens with zero attached hydrogens (tertiary/aromatic N) is 4. The summed E-state index contributed by atoms with van der Waals surface area (Å²) in [4.78, 5) is 11.5. The van der Waals surface area contributed by atoms with Crippen molar-refractivity contribution in [3.8, 4) is 0 Å². The van der Waals surface area contributed by atoms with Crippen LogP contribution >= 0.6 is 0 Å².